The van der Waals surface area contributed by atoms with Gasteiger partial charge < -0.3 is 19.4 Å². The predicted octanol–water partition coefficient (Wildman–Crippen LogP) is 6.92. The third-order valence-electron chi connectivity index (χ3n) is 7.32. The Balaban J connectivity index is 1.22. The maximum atomic E-state index is 12.8. The van der Waals surface area contributed by atoms with Crippen molar-refractivity contribution in [1.82, 2.24) is 9.88 Å². The largest absolute Gasteiger partial charge is 0.489 e. The molecule has 5 aromatic rings. The lowest BCUT2D eigenvalue weighted by molar-refractivity contribution is -0.120. The van der Waals surface area contributed by atoms with Crippen molar-refractivity contribution in [2.24, 2.45) is 5.92 Å². The summed E-state index contributed by atoms with van der Waals surface area (Å²) in [5.74, 6) is 2.36. The molecule has 5 heteroatoms. The molecule has 5 nitrogen and oxygen atoms in total. The molecule has 0 atom stereocenters. The number of rotatable bonds is 12. The molecule has 1 saturated carbocycles. The van der Waals surface area contributed by atoms with Crippen LogP contribution in [0.15, 0.2) is 109 Å². The first-order valence-corrected chi connectivity index (χ1v) is 14.0. The van der Waals surface area contributed by atoms with Crippen LogP contribution >= 0.6 is 0 Å². The minimum atomic E-state index is 0.0675. The van der Waals surface area contributed by atoms with E-state index in [1.54, 1.807) is 0 Å². The van der Waals surface area contributed by atoms with E-state index in [2.05, 4.69) is 64.6 Å². The van der Waals surface area contributed by atoms with Crippen molar-refractivity contribution in [2.75, 3.05) is 6.54 Å². The molecule has 1 heterocycles. The highest BCUT2D eigenvalue weighted by Crippen LogP contribution is 2.30. The van der Waals surface area contributed by atoms with E-state index in [-0.39, 0.29) is 5.91 Å². The van der Waals surface area contributed by atoms with Crippen molar-refractivity contribution in [2.45, 2.75) is 39.0 Å². The van der Waals surface area contributed by atoms with Crippen LogP contribution in [0, 0.1) is 5.92 Å². The monoisotopic (exact) mass is 530 g/mol. The van der Waals surface area contributed by atoms with E-state index in [4.69, 9.17) is 9.47 Å². The lowest BCUT2D eigenvalue weighted by Crippen LogP contribution is -2.27. The molecule has 0 radical (unpaired) electrons. The van der Waals surface area contributed by atoms with Gasteiger partial charge in [-0.1, -0.05) is 72.8 Å². The van der Waals surface area contributed by atoms with Crippen molar-refractivity contribution in [3.8, 4) is 11.5 Å². The minimum Gasteiger partial charge on any atom is -0.489 e. The lowest BCUT2D eigenvalue weighted by atomic mass is 10.1. The van der Waals surface area contributed by atoms with E-state index >= 15 is 0 Å². The fourth-order valence-corrected chi connectivity index (χ4v) is 4.94. The van der Waals surface area contributed by atoms with Crippen molar-refractivity contribution in [3.05, 3.63) is 132 Å². The van der Waals surface area contributed by atoms with Gasteiger partial charge in [0.2, 0.25) is 5.91 Å². The van der Waals surface area contributed by atoms with Gasteiger partial charge in [-0.3, -0.25) is 4.79 Å². The summed E-state index contributed by atoms with van der Waals surface area (Å²) < 4.78 is 14.4. The molecule has 1 N–H and O–H groups in total. The van der Waals surface area contributed by atoms with E-state index in [9.17, 15) is 4.79 Å². The number of hydrogen-bond donors (Lipinski definition) is 1. The fourth-order valence-electron chi connectivity index (χ4n) is 4.94. The summed E-state index contributed by atoms with van der Waals surface area (Å²) in [4.78, 5) is 12.8. The predicted molar refractivity (Wildman–Crippen MR) is 158 cm³/mol. The second-order valence-electron chi connectivity index (χ2n) is 10.6. The van der Waals surface area contributed by atoms with Crippen LogP contribution in [0.25, 0.3) is 10.9 Å². The van der Waals surface area contributed by atoms with Gasteiger partial charge in [0.15, 0.2) is 0 Å². The molecular weight excluding hydrogens is 496 g/mol. The summed E-state index contributed by atoms with van der Waals surface area (Å²) in [6.07, 6.45) is 4.89. The minimum absolute atomic E-state index is 0.0675. The molecule has 40 heavy (non-hydrogen) atoms. The maximum absolute atomic E-state index is 12.8. The van der Waals surface area contributed by atoms with Crippen LogP contribution in [-0.2, 0) is 31.0 Å². The zero-order valence-electron chi connectivity index (χ0n) is 22.6. The Bertz CT molecular complexity index is 1570. The van der Waals surface area contributed by atoms with Crippen LogP contribution in [0.5, 0.6) is 11.5 Å². The SMILES string of the molecule is O=C(Cc1cn(Cc2cccc(OCc3ccccc3)c2)c2ccc(OCc3ccccc3)cc12)NCC1CC1. The summed E-state index contributed by atoms with van der Waals surface area (Å²) in [6, 6.07) is 34.7. The number of nitrogens with one attached hydrogen (secondary N) is 1. The van der Waals surface area contributed by atoms with Gasteiger partial charge in [0, 0.05) is 30.2 Å². The van der Waals surface area contributed by atoms with Gasteiger partial charge in [-0.2, -0.15) is 0 Å². The van der Waals surface area contributed by atoms with Gasteiger partial charge in [-0.05, 0) is 71.3 Å². The number of benzene rings is 4. The van der Waals surface area contributed by atoms with Gasteiger partial charge in [0.25, 0.3) is 0 Å². The molecule has 0 aliphatic heterocycles. The molecular formula is C35H34N2O3. The van der Waals surface area contributed by atoms with E-state index in [0.29, 0.717) is 32.1 Å². The number of nitrogens with zero attached hydrogens (tertiary/aromatic N) is 1. The number of carbonyl (C=O) groups excluding carboxylic acids is 1. The number of fused-ring (bicyclic) bond motifs is 1. The Morgan fingerprint density at radius 1 is 0.750 bits per heavy atom. The smallest absolute Gasteiger partial charge is 0.224 e. The summed E-state index contributed by atoms with van der Waals surface area (Å²) in [5, 5.41) is 4.16. The van der Waals surface area contributed by atoms with Crippen molar-refractivity contribution in [1.29, 1.82) is 0 Å². The molecule has 0 unspecified atom stereocenters. The molecule has 1 aliphatic carbocycles. The zero-order valence-corrected chi connectivity index (χ0v) is 22.6. The Morgan fingerprint density at radius 2 is 1.40 bits per heavy atom. The van der Waals surface area contributed by atoms with Crippen molar-refractivity contribution in [3.63, 3.8) is 0 Å². The Morgan fingerprint density at radius 3 is 2.08 bits per heavy atom. The van der Waals surface area contributed by atoms with E-state index in [0.717, 1.165) is 51.2 Å². The molecule has 0 saturated heterocycles. The number of hydrogen-bond acceptors (Lipinski definition) is 3. The zero-order chi connectivity index (χ0) is 27.1. The first-order chi connectivity index (χ1) is 19.7. The molecule has 202 valence electrons. The quantitative estimate of drug-likeness (QED) is 0.191. The second kappa shape index (κ2) is 12.1. The van der Waals surface area contributed by atoms with E-state index in [1.807, 2.05) is 54.6 Å². The maximum Gasteiger partial charge on any atom is 0.224 e. The Hall–Kier alpha value is -4.51. The average molecular weight is 531 g/mol. The molecule has 1 aromatic heterocycles. The summed E-state index contributed by atoms with van der Waals surface area (Å²) in [7, 11) is 0. The summed E-state index contributed by atoms with van der Waals surface area (Å²) in [5.41, 5.74) is 5.47. The van der Waals surface area contributed by atoms with Gasteiger partial charge in [0.05, 0.1) is 6.42 Å². The van der Waals surface area contributed by atoms with Crippen LogP contribution in [0.2, 0.25) is 0 Å². The topological polar surface area (TPSA) is 52.5 Å². The number of carbonyl (C=O) groups is 1. The second-order valence-corrected chi connectivity index (χ2v) is 10.6. The van der Waals surface area contributed by atoms with Crippen LogP contribution in [0.1, 0.15) is 35.1 Å². The lowest BCUT2D eigenvalue weighted by Gasteiger charge is -2.10. The van der Waals surface area contributed by atoms with Gasteiger partial charge >= 0.3 is 0 Å². The average Bonchev–Trinajstić information content (AvgIpc) is 3.78. The molecule has 1 amide bonds. The Labute approximate surface area is 235 Å². The number of aromatic nitrogens is 1. The highest BCUT2D eigenvalue weighted by Gasteiger charge is 2.22. The summed E-state index contributed by atoms with van der Waals surface area (Å²) >= 11 is 0. The third-order valence-corrected chi connectivity index (χ3v) is 7.32. The summed E-state index contributed by atoms with van der Waals surface area (Å²) in [6.45, 7) is 2.48. The normalized spacial score (nSPS) is 12.8. The Kier molecular flexibility index (Phi) is 7.80. The van der Waals surface area contributed by atoms with Crippen molar-refractivity contribution < 1.29 is 14.3 Å². The van der Waals surface area contributed by atoms with Crippen LogP contribution in [-0.4, -0.2) is 17.0 Å². The van der Waals surface area contributed by atoms with Crippen molar-refractivity contribution >= 4 is 16.8 Å². The fraction of sp³-hybridized carbons (Fsp3) is 0.229. The highest BCUT2D eigenvalue weighted by atomic mass is 16.5. The first kappa shape index (κ1) is 25.8. The van der Waals surface area contributed by atoms with E-state index in [1.165, 1.54) is 12.8 Å². The number of ether oxygens (including phenoxy) is 2. The molecule has 0 spiro atoms. The van der Waals surface area contributed by atoms with Gasteiger partial charge in [-0.25, -0.2) is 0 Å². The van der Waals surface area contributed by atoms with Crippen LogP contribution in [0.4, 0.5) is 0 Å². The molecule has 1 fully saturated rings. The standard InChI is InChI=1S/C35H34N2O3/c38-35(36-21-26-14-15-26)19-30-23-37(22-29-12-7-13-31(18-29)39-24-27-8-3-1-4-9-27)34-17-16-32(20-33(30)34)40-25-28-10-5-2-6-11-28/h1-13,16-18,20,23,26H,14-15,19,21-22,24-25H2,(H,36,38). The van der Waals surface area contributed by atoms with Gasteiger partial charge in [-0.15, -0.1) is 0 Å². The molecule has 6 rings (SSSR count). The third kappa shape index (κ3) is 6.73. The molecule has 1 aliphatic rings. The first-order valence-electron chi connectivity index (χ1n) is 14.0. The van der Waals surface area contributed by atoms with E-state index < -0.39 is 0 Å². The molecule has 4 aromatic carbocycles. The number of amides is 1. The highest BCUT2D eigenvalue weighted by molar-refractivity contribution is 5.90. The molecule has 0 bridgehead atoms. The van der Waals surface area contributed by atoms with Crippen LogP contribution < -0.4 is 14.8 Å². The van der Waals surface area contributed by atoms with Crippen LogP contribution in [0.3, 0.4) is 0 Å². The van der Waals surface area contributed by atoms with Gasteiger partial charge in [0.1, 0.15) is 24.7 Å².